The highest BCUT2D eigenvalue weighted by Crippen LogP contribution is 2.57. The van der Waals surface area contributed by atoms with E-state index in [2.05, 4.69) is 27.6 Å². The van der Waals surface area contributed by atoms with Gasteiger partial charge >= 0.3 is 5.24 Å². The van der Waals surface area contributed by atoms with Crippen LogP contribution in [0.2, 0.25) is 5.02 Å². The lowest BCUT2D eigenvalue weighted by Crippen LogP contribution is -2.28. The van der Waals surface area contributed by atoms with Crippen molar-refractivity contribution in [1.82, 2.24) is 9.44 Å². The average Bonchev–Trinajstić information content (AvgIpc) is 3.42. The molecule has 1 aliphatic rings. The monoisotopic (exact) mass is 427 g/mol. The first-order valence-electron chi connectivity index (χ1n) is 8.32. The average molecular weight is 428 g/mol. The number of amides is 2. The van der Waals surface area contributed by atoms with Gasteiger partial charge in [0.1, 0.15) is 0 Å². The first kappa shape index (κ1) is 18.9. The largest absolute Gasteiger partial charge is 0.301 e. The quantitative estimate of drug-likeness (QED) is 0.395. The smallest absolute Gasteiger partial charge is 0.282 e. The standard InChI is InChI=1S/C20H14ClN3O2S2/c21-15-11-9-14(10-12-15)19(25)22-20(26)27-23-28-24-17-8-4-7-16(18(17)24)13-5-2-1-3-6-13/h1-12,23H,(H,22,25,26). The number of imide groups is 1. The summed E-state index contributed by atoms with van der Waals surface area (Å²) < 4.78 is 4.92. The Morgan fingerprint density at radius 2 is 1.64 bits per heavy atom. The van der Waals surface area contributed by atoms with Gasteiger partial charge in [-0.2, -0.15) is 4.13 Å². The van der Waals surface area contributed by atoms with E-state index < -0.39 is 11.1 Å². The summed E-state index contributed by atoms with van der Waals surface area (Å²) >= 11 is 7.90. The summed E-state index contributed by atoms with van der Waals surface area (Å²) in [6.07, 6.45) is 0. The molecule has 0 bridgehead atoms. The van der Waals surface area contributed by atoms with Crippen molar-refractivity contribution >= 4 is 58.2 Å². The number of fused-ring (bicyclic) bond motifs is 1. The van der Waals surface area contributed by atoms with E-state index in [1.165, 1.54) is 12.1 Å². The minimum absolute atomic E-state index is 0.372. The molecule has 4 rings (SSSR count). The molecule has 8 heteroatoms. The molecule has 0 fully saturated rings. The minimum Gasteiger partial charge on any atom is -0.282 e. The van der Waals surface area contributed by atoms with Crippen molar-refractivity contribution in [2.24, 2.45) is 0 Å². The van der Waals surface area contributed by atoms with Crippen LogP contribution in [-0.2, 0) is 0 Å². The highest BCUT2D eigenvalue weighted by atomic mass is 35.5. The Hall–Kier alpha value is -2.45. The highest BCUT2D eigenvalue weighted by molar-refractivity contribution is 8.21. The van der Waals surface area contributed by atoms with Gasteiger partial charge in [-0.05, 0) is 35.9 Å². The van der Waals surface area contributed by atoms with Gasteiger partial charge in [0.15, 0.2) is 0 Å². The molecule has 0 saturated heterocycles. The zero-order valence-electron chi connectivity index (χ0n) is 14.4. The summed E-state index contributed by atoms with van der Waals surface area (Å²) in [6.45, 7) is 0. The molecule has 0 aliphatic carbocycles. The maximum absolute atomic E-state index is 12.0. The Kier molecular flexibility index (Phi) is 5.59. The fourth-order valence-corrected chi connectivity index (χ4v) is 4.21. The van der Waals surface area contributed by atoms with Gasteiger partial charge in [-0.25, -0.2) is 0 Å². The van der Waals surface area contributed by atoms with Gasteiger partial charge in [0.2, 0.25) is 0 Å². The molecular formula is C20H14ClN3O2S2. The fraction of sp³-hybridized carbons (Fsp3) is 0. The van der Waals surface area contributed by atoms with Crippen molar-refractivity contribution in [3.05, 3.63) is 83.4 Å². The number of rotatable bonds is 5. The summed E-state index contributed by atoms with van der Waals surface area (Å²) in [6, 6.07) is 22.6. The molecular weight excluding hydrogens is 414 g/mol. The van der Waals surface area contributed by atoms with E-state index in [0.717, 1.165) is 34.4 Å². The summed E-state index contributed by atoms with van der Waals surface area (Å²) in [7, 11) is 0. The van der Waals surface area contributed by atoms with Crippen molar-refractivity contribution in [2.45, 2.75) is 0 Å². The molecule has 0 atom stereocenters. The normalized spacial score (nSPS) is 11.7. The molecule has 0 unspecified atom stereocenters. The molecule has 1 heterocycles. The second-order valence-electron chi connectivity index (χ2n) is 5.86. The number of benzene rings is 3. The number of nitrogens with one attached hydrogen (secondary N) is 2. The van der Waals surface area contributed by atoms with E-state index in [4.69, 9.17) is 11.6 Å². The van der Waals surface area contributed by atoms with E-state index in [0.29, 0.717) is 10.6 Å². The Bertz CT molecular complexity index is 1030. The van der Waals surface area contributed by atoms with Crippen LogP contribution in [-0.4, -0.2) is 11.1 Å². The fourth-order valence-electron chi connectivity index (χ4n) is 2.70. The molecule has 1 aliphatic heterocycles. The first-order chi connectivity index (χ1) is 13.6. The maximum atomic E-state index is 12.0. The van der Waals surface area contributed by atoms with Crippen molar-refractivity contribution in [2.75, 3.05) is 4.31 Å². The third kappa shape index (κ3) is 4.18. The SMILES string of the molecule is O=C(NC(=O)c1ccc(Cl)cc1)SNSN1c2cccc(-c3ccccc3)c21. The minimum atomic E-state index is -0.485. The van der Waals surface area contributed by atoms with Crippen LogP contribution in [0.1, 0.15) is 10.4 Å². The van der Waals surface area contributed by atoms with Gasteiger partial charge in [0.25, 0.3) is 5.91 Å². The Morgan fingerprint density at radius 1 is 0.893 bits per heavy atom. The summed E-state index contributed by atoms with van der Waals surface area (Å²) in [4.78, 5) is 24.0. The zero-order valence-corrected chi connectivity index (χ0v) is 16.8. The van der Waals surface area contributed by atoms with Crippen LogP contribution in [0.15, 0.2) is 72.8 Å². The molecule has 0 radical (unpaired) electrons. The van der Waals surface area contributed by atoms with Crippen LogP contribution in [0.4, 0.5) is 16.2 Å². The third-order valence-corrected chi connectivity index (χ3v) is 5.79. The number of hydrogen-bond acceptors (Lipinski definition) is 6. The van der Waals surface area contributed by atoms with Crippen LogP contribution in [0.5, 0.6) is 0 Å². The number of halogens is 1. The lowest BCUT2D eigenvalue weighted by molar-refractivity contribution is 0.0969. The van der Waals surface area contributed by atoms with E-state index in [-0.39, 0.29) is 0 Å². The number of nitrogens with zero attached hydrogens (tertiary/aromatic N) is 1. The Morgan fingerprint density at radius 3 is 2.39 bits per heavy atom. The van der Waals surface area contributed by atoms with E-state index >= 15 is 0 Å². The van der Waals surface area contributed by atoms with Gasteiger partial charge in [0.05, 0.1) is 23.5 Å². The summed E-state index contributed by atoms with van der Waals surface area (Å²) in [5.41, 5.74) is 4.86. The lowest BCUT2D eigenvalue weighted by Gasteiger charge is -2.06. The molecule has 5 nitrogen and oxygen atoms in total. The number of carbonyl (C=O) groups excluding carboxylic acids is 2. The van der Waals surface area contributed by atoms with Crippen molar-refractivity contribution < 1.29 is 9.59 Å². The van der Waals surface area contributed by atoms with Gasteiger partial charge in [-0.3, -0.25) is 19.2 Å². The molecule has 140 valence electrons. The van der Waals surface area contributed by atoms with Crippen molar-refractivity contribution in [3.8, 4) is 11.1 Å². The lowest BCUT2D eigenvalue weighted by atomic mass is 10.1. The molecule has 2 amide bonds. The van der Waals surface area contributed by atoms with Crippen LogP contribution >= 0.6 is 35.7 Å². The molecule has 3 aromatic carbocycles. The van der Waals surface area contributed by atoms with Crippen LogP contribution in [0.3, 0.4) is 0 Å². The highest BCUT2D eigenvalue weighted by Gasteiger charge is 2.33. The molecule has 0 saturated carbocycles. The van der Waals surface area contributed by atoms with Crippen molar-refractivity contribution in [3.63, 3.8) is 0 Å². The molecule has 0 spiro atoms. The van der Waals surface area contributed by atoms with Crippen LogP contribution < -0.4 is 13.7 Å². The molecule has 3 aromatic rings. The molecule has 28 heavy (non-hydrogen) atoms. The number of hydrogen-bond donors (Lipinski definition) is 2. The molecule has 2 N–H and O–H groups in total. The van der Waals surface area contributed by atoms with Crippen molar-refractivity contribution in [1.29, 1.82) is 0 Å². The van der Waals surface area contributed by atoms with Gasteiger partial charge in [0, 0.05) is 28.1 Å². The second kappa shape index (κ2) is 8.28. The van der Waals surface area contributed by atoms with Gasteiger partial charge in [-0.1, -0.05) is 54.1 Å². The maximum Gasteiger partial charge on any atom is 0.301 e. The third-order valence-electron chi connectivity index (χ3n) is 4.06. The predicted octanol–water partition coefficient (Wildman–Crippen LogP) is 5.81. The Labute approximate surface area is 175 Å². The Balaban J connectivity index is 1.29. The number of carbonyl (C=O) groups is 2. The second-order valence-corrected chi connectivity index (χ2v) is 8.08. The first-order valence-corrected chi connectivity index (χ1v) is 10.3. The number of para-hydroxylation sites is 1. The van der Waals surface area contributed by atoms with Gasteiger partial charge in [-0.15, -0.1) is 0 Å². The van der Waals surface area contributed by atoms with Crippen LogP contribution in [0.25, 0.3) is 11.1 Å². The van der Waals surface area contributed by atoms with E-state index in [1.54, 1.807) is 24.3 Å². The summed E-state index contributed by atoms with van der Waals surface area (Å²) in [5, 5.41) is 2.36. The van der Waals surface area contributed by atoms with E-state index in [1.807, 2.05) is 34.6 Å². The topological polar surface area (TPSA) is 61.2 Å². The summed E-state index contributed by atoms with van der Waals surface area (Å²) in [5.74, 6) is -0.470. The molecule has 0 aromatic heterocycles. The number of anilines is 2. The zero-order chi connectivity index (χ0) is 19.5. The predicted molar refractivity (Wildman–Crippen MR) is 117 cm³/mol. The van der Waals surface area contributed by atoms with Crippen LogP contribution in [0, 0.1) is 0 Å². The van der Waals surface area contributed by atoms with Gasteiger partial charge < -0.3 is 0 Å². The van der Waals surface area contributed by atoms with E-state index in [9.17, 15) is 9.59 Å².